The summed E-state index contributed by atoms with van der Waals surface area (Å²) in [6, 6.07) is 3.11. The number of fused-ring (bicyclic) bond motifs is 6. The standard InChI is InChI=1S/C30H30FN3O6/c1-3-30(39)19-9-22-26-17(11-34(22)27(37)18(19)13-40-28(30)38)25-24-16(15(2)20(31)10-21(24)32-26)5-7-29(25)6-4-8-33(14-29)23(36)12-35/h9-10,35,39H,3-8,11-14H2,1-2H3/t29?,30-/m0/s1. The number of benzene rings is 1. The second-order valence-corrected chi connectivity index (χ2v) is 11.6. The highest BCUT2D eigenvalue weighted by atomic mass is 19.1. The number of aryl methyl sites for hydroxylation is 1. The van der Waals surface area contributed by atoms with Crippen LogP contribution in [0.25, 0.3) is 22.3 Å². The maximum Gasteiger partial charge on any atom is 0.343 e. The molecule has 0 radical (unpaired) electrons. The molecule has 0 bridgehead atoms. The number of piperidine rings is 1. The number of pyridine rings is 2. The summed E-state index contributed by atoms with van der Waals surface area (Å²) >= 11 is 0. The molecule has 1 spiro atoms. The van der Waals surface area contributed by atoms with Crippen molar-refractivity contribution in [1.82, 2.24) is 14.5 Å². The van der Waals surface area contributed by atoms with Crippen molar-refractivity contribution in [2.75, 3.05) is 19.7 Å². The first-order valence-electron chi connectivity index (χ1n) is 13.8. The van der Waals surface area contributed by atoms with Gasteiger partial charge in [-0.15, -0.1) is 0 Å². The summed E-state index contributed by atoms with van der Waals surface area (Å²) in [5.74, 6) is -1.46. The van der Waals surface area contributed by atoms with Crippen molar-refractivity contribution in [3.63, 3.8) is 0 Å². The molecule has 1 aromatic carbocycles. The molecule has 9 nitrogen and oxygen atoms in total. The SMILES string of the molecule is CC[C@@]1(O)C(=O)OCc2c1cc1n(c2=O)Cc2c-1nc1cc(F)c(C)c3c1c2C1(CCCN(C(=O)CO)C1)CC3. The minimum absolute atomic E-state index is 0.0384. The van der Waals surface area contributed by atoms with E-state index in [0.29, 0.717) is 48.4 Å². The van der Waals surface area contributed by atoms with Gasteiger partial charge in [-0.1, -0.05) is 6.92 Å². The van der Waals surface area contributed by atoms with E-state index in [1.165, 1.54) is 6.07 Å². The predicted octanol–water partition coefficient (Wildman–Crippen LogP) is 2.33. The molecule has 208 valence electrons. The van der Waals surface area contributed by atoms with E-state index in [0.717, 1.165) is 34.9 Å². The molecule has 10 heteroatoms. The van der Waals surface area contributed by atoms with Crippen molar-refractivity contribution in [2.24, 2.45) is 0 Å². The number of halogens is 1. The Morgan fingerprint density at radius 2 is 2.00 bits per heavy atom. The summed E-state index contributed by atoms with van der Waals surface area (Å²) < 4.78 is 22.0. The topological polar surface area (TPSA) is 122 Å². The third-order valence-corrected chi connectivity index (χ3v) is 9.75. The number of hydrogen-bond acceptors (Lipinski definition) is 7. The lowest BCUT2D eigenvalue weighted by molar-refractivity contribution is -0.172. The van der Waals surface area contributed by atoms with Crippen LogP contribution in [0, 0.1) is 12.7 Å². The fourth-order valence-corrected chi connectivity index (χ4v) is 7.63. The van der Waals surface area contributed by atoms with E-state index < -0.39 is 23.6 Å². The highest BCUT2D eigenvalue weighted by Crippen LogP contribution is 2.51. The lowest BCUT2D eigenvalue weighted by Crippen LogP contribution is -2.51. The maximum atomic E-state index is 15.2. The predicted molar refractivity (Wildman–Crippen MR) is 142 cm³/mol. The quantitative estimate of drug-likeness (QED) is 0.370. The second kappa shape index (κ2) is 8.44. The molecule has 5 heterocycles. The first kappa shape index (κ1) is 25.3. The molecule has 0 saturated carbocycles. The minimum atomic E-state index is -1.94. The third-order valence-electron chi connectivity index (χ3n) is 9.75. The fraction of sp³-hybridized carbons (Fsp3) is 0.467. The van der Waals surface area contributed by atoms with Crippen LogP contribution in [0.15, 0.2) is 16.9 Å². The number of aromatic nitrogens is 2. The molecule has 1 aliphatic carbocycles. The van der Waals surface area contributed by atoms with Crippen molar-refractivity contribution in [2.45, 2.75) is 70.1 Å². The molecule has 2 N–H and O–H groups in total. The van der Waals surface area contributed by atoms with Gasteiger partial charge in [0.15, 0.2) is 5.60 Å². The number of aliphatic hydroxyl groups excluding tert-OH is 1. The average Bonchev–Trinajstić information content (AvgIpc) is 3.32. The van der Waals surface area contributed by atoms with Crippen molar-refractivity contribution in [3.8, 4) is 11.4 Å². The van der Waals surface area contributed by atoms with Gasteiger partial charge in [-0.25, -0.2) is 14.2 Å². The molecule has 2 aromatic heterocycles. The van der Waals surface area contributed by atoms with Gasteiger partial charge < -0.3 is 24.4 Å². The van der Waals surface area contributed by atoms with Gasteiger partial charge in [-0.2, -0.15) is 0 Å². The van der Waals surface area contributed by atoms with Crippen LogP contribution in [0.5, 0.6) is 0 Å². The van der Waals surface area contributed by atoms with E-state index >= 15 is 4.39 Å². The number of ether oxygens (including phenoxy) is 1. The Labute approximate surface area is 229 Å². The number of carbonyl (C=O) groups is 2. The van der Waals surface area contributed by atoms with E-state index in [9.17, 15) is 24.6 Å². The van der Waals surface area contributed by atoms with Crippen LogP contribution in [0.1, 0.15) is 66.0 Å². The van der Waals surface area contributed by atoms with Gasteiger partial charge in [0, 0.05) is 41.1 Å². The Balaban J connectivity index is 1.53. The van der Waals surface area contributed by atoms with E-state index in [4.69, 9.17) is 9.72 Å². The number of nitrogens with zero attached hydrogens (tertiary/aromatic N) is 3. The number of likely N-dealkylation sites (tertiary alicyclic amines) is 1. The van der Waals surface area contributed by atoms with E-state index in [2.05, 4.69) is 0 Å². The molecular weight excluding hydrogens is 517 g/mol. The summed E-state index contributed by atoms with van der Waals surface area (Å²) in [6.07, 6.45) is 2.94. The zero-order valence-electron chi connectivity index (χ0n) is 22.5. The molecule has 1 saturated heterocycles. The normalized spacial score (nSPS) is 24.6. The number of amides is 1. The van der Waals surface area contributed by atoms with Gasteiger partial charge in [0.1, 0.15) is 19.0 Å². The summed E-state index contributed by atoms with van der Waals surface area (Å²) in [7, 11) is 0. The molecular formula is C30H30FN3O6. The number of rotatable bonds is 2. The Bertz CT molecular complexity index is 1730. The van der Waals surface area contributed by atoms with Crippen LogP contribution >= 0.6 is 0 Å². The van der Waals surface area contributed by atoms with Crippen LogP contribution in [-0.4, -0.2) is 56.2 Å². The van der Waals surface area contributed by atoms with Crippen molar-refractivity contribution < 1.29 is 28.9 Å². The molecule has 1 amide bonds. The molecule has 1 unspecified atom stereocenters. The number of aliphatic hydroxyl groups is 2. The van der Waals surface area contributed by atoms with Crippen LogP contribution in [0.2, 0.25) is 0 Å². The number of esters is 1. The molecule has 4 aliphatic rings. The van der Waals surface area contributed by atoms with Gasteiger partial charge >= 0.3 is 5.97 Å². The Kier molecular flexibility index (Phi) is 5.35. The van der Waals surface area contributed by atoms with E-state index in [-0.39, 0.29) is 48.0 Å². The molecule has 3 aliphatic heterocycles. The highest BCUT2D eigenvalue weighted by molar-refractivity contribution is 5.94. The molecule has 7 rings (SSSR count). The number of cyclic esters (lactones) is 1. The Hall–Kier alpha value is -3.63. The second-order valence-electron chi connectivity index (χ2n) is 11.6. The first-order chi connectivity index (χ1) is 19.1. The summed E-state index contributed by atoms with van der Waals surface area (Å²) in [5, 5.41) is 21.7. The van der Waals surface area contributed by atoms with Crippen molar-refractivity contribution in [3.05, 3.63) is 61.7 Å². The maximum absolute atomic E-state index is 15.2. The number of hydrogen-bond donors (Lipinski definition) is 2. The molecule has 2 atom stereocenters. The Morgan fingerprint density at radius 1 is 1.20 bits per heavy atom. The summed E-state index contributed by atoms with van der Waals surface area (Å²) in [6.45, 7) is 3.87. The van der Waals surface area contributed by atoms with Gasteiger partial charge in [0.05, 0.1) is 29.0 Å². The molecule has 3 aromatic rings. The Morgan fingerprint density at radius 3 is 2.75 bits per heavy atom. The zero-order chi connectivity index (χ0) is 28.1. The largest absolute Gasteiger partial charge is 0.458 e. The molecule has 40 heavy (non-hydrogen) atoms. The van der Waals surface area contributed by atoms with Crippen LogP contribution < -0.4 is 5.56 Å². The smallest absolute Gasteiger partial charge is 0.343 e. The lowest BCUT2D eigenvalue weighted by atomic mass is 9.64. The van der Waals surface area contributed by atoms with Crippen molar-refractivity contribution >= 4 is 22.8 Å². The third kappa shape index (κ3) is 3.14. The summed E-state index contributed by atoms with van der Waals surface area (Å²) in [4.78, 5) is 45.6. The monoisotopic (exact) mass is 547 g/mol. The van der Waals surface area contributed by atoms with Crippen LogP contribution in [0.4, 0.5) is 4.39 Å². The zero-order valence-corrected chi connectivity index (χ0v) is 22.5. The van der Waals surface area contributed by atoms with Gasteiger partial charge in [-0.3, -0.25) is 9.59 Å². The van der Waals surface area contributed by atoms with Gasteiger partial charge in [0.25, 0.3) is 5.56 Å². The fourth-order valence-electron chi connectivity index (χ4n) is 7.63. The van der Waals surface area contributed by atoms with Gasteiger partial charge in [-0.05, 0) is 61.8 Å². The highest BCUT2D eigenvalue weighted by Gasteiger charge is 2.48. The summed E-state index contributed by atoms with van der Waals surface area (Å²) in [5.41, 5.74) is 2.55. The average molecular weight is 548 g/mol. The van der Waals surface area contributed by atoms with Crippen LogP contribution in [-0.2, 0) is 44.9 Å². The van der Waals surface area contributed by atoms with Crippen molar-refractivity contribution in [1.29, 1.82) is 0 Å². The molecule has 1 fully saturated rings. The number of carbonyl (C=O) groups excluding carboxylic acids is 2. The van der Waals surface area contributed by atoms with E-state index in [1.54, 1.807) is 29.4 Å². The van der Waals surface area contributed by atoms with Gasteiger partial charge in [0.2, 0.25) is 5.91 Å². The van der Waals surface area contributed by atoms with E-state index in [1.807, 2.05) is 0 Å². The lowest BCUT2D eigenvalue weighted by Gasteiger charge is -2.47. The minimum Gasteiger partial charge on any atom is -0.458 e. The first-order valence-corrected chi connectivity index (χ1v) is 13.8. The van der Waals surface area contributed by atoms with Crippen LogP contribution in [0.3, 0.4) is 0 Å².